The van der Waals surface area contributed by atoms with Crippen LogP contribution in [0.4, 0.5) is 0 Å². The van der Waals surface area contributed by atoms with Crippen LogP contribution in [0, 0.1) is 6.92 Å². The van der Waals surface area contributed by atoms with Crippen molar-refractivity contribution in [2.24, 2.45) is 0 Å². The zero-order chi connectivity index (χ0) is 22.3. The van der Waals surface area contributed by atoms with Crippen LogP contribution < -0.4 is 16.0 Å². The zero-order valence-corrected chi connectivity index (χ0v) is 18.5. The summed E-state index contributed by atoms with van der Waals surface area (Å²) in [6.45, 7) is 4.51. The lowest BCUT2D eigenvalue weighted by Crippen LogP contribution is -2.79. The van der Waals surface area contributed by atoms with E-state index in [2.05, 4.69) is 16.0 Å². The number of ether oxygens (including phenoxy) is 3. The third kappa shape index (κ3) is 4.15. The molecule has 31 heavy (non-hydrogen) atoms. The summed E-state index contributed by atoms with van der Waals surface area (Å²) in [5.41, 5.74) is 2.28. The van der Waals surface area contributed by atoms with Crippen LogP contribution in [0.2, 0.25) is 0 Å². The van der Waals surface area contributed by atoms with Crippen LogP contribution in [-0.2, 0) is 20.8 Å². The Kier molecular flexibility index (Phi) is 6.69. The molecule has 1 saturated carbocycles. The fraction of sp³-hybridized carbons (Fsp3) is 0.727. The summed E-state index contributed by atoms with van der Waals surface area (Å²) >= 11 is 0. The Morgan fingerprint density at radius 1 is 1.00 bits per heavy atom. The summed E-state index contributed by atoms with van der Waals surface area (Å²) in [5, 5.41) is 42.6. The van der Waals surface area contributed by atoms with Crippen LogP contribution in [0.15, 0.2) is 24.3 Å². The number of benzene rings is 1. The number of aryl methyl sites for hydroxylation is 1. The first-order chi connectivity index (χ1) is 14.8. The van der Waals surface area contributed by atoms with Crippen LogP contribution in [0.3, 0.4) is 0 Å². The molecule has 9 nitrogen and oxygen atoms in total. The van der Waals surface area contributed by atoms with E-state index in [-0.39, 0.29) is 6.10 Å². The first-order valence-electron chi connectivity index (χ1n) is 11.0. The first-order valence-corrected chi connectivity index (χ1v) is 11.0. The SMILES string of the molecule is CNC1C2O[C@]3(O)C(OC2[C@@H](O)[C@H](NC)[C@@H]1O)O[C@H](C)C[C@H]3NCc1ccc(C)cc1. The molecule has 2 saturated heterocycles. The van der Waals surface area contributed by atoms with Gasteiger partial charge in [-0.15, -0.1) is 0 Å². The van der Waals surface area contributed by atoms with Gasteiger partial charge in [0.25, 0.3) is 0 Å². The summed E-state index contributed by atoms with van der Waals surface area (Å²) in [4.78, 5) is 0. The van der Waals surface area contributed by atoms with Crippen LogP contribution in [0.25, 0.3) is 0 Å². The minimum Gasteiger partial charge on any atom is -0.390 e. The molecule has 2 heterocycles. The fourth-order valence-electron chi connectivity index (χ4n) is 5.03. The second kappa shape index (κ2) is 9.01. The molecular formula is C22H35N3O6. The molecule has 4 rings (SSSR count). The molecule has 10 atom stereocenters. The summed E-state index contributed by atoms with van der Waals surface area (Å²) in [5.74, 6) is -1.76. The molecule has 0 aromatic heterocycles. The van der Waals surface area contributed by atoms with E-state index in [1.807, 2.05) is 38.1 Å². The molecule has 1 aromatic rings. The van der Waals surface area contributed by atoms with Gasteiger partial charge in [0.15, 0.2) is 0 Å². The van der Waals surface area contributed by atoms with Crippen molar-refractivity contribution in [3.8, 4) is 0 Å². The molecule has 3 aliphatic rings. The van der Waals surface area contributed by atoms with Gasteiger partial charge in [0.2, 0.25) is 12.1 Å². The average molecular weight is 438 g/mol. The molecule has 1 aliphatic carbocycles. The van der Waals surface area contributed by atoms with Gasteiger partial charge in [-0.3, -0.25) is 0 Å². The second-order valence-electron chi connectivity index (χ2n) is 8.98. The normalized spacial score (nSPS) is 45.1. The number of hydrogen-bond donors (Lipinski definition) is 6. The molecule has 0 amide bonds. The van der Waals surface area contributed by atoms with Crippen molar-refractivity contribution in [1.29, 1.82) is 0 Å². The van der Waals surface area contributed by atoms with Crippen molar-refractivity contribution < 1.29 is 29.5 Å². The van der Waals surface area contributed by atoms with Gasteiger partial charge in [0.05, 0.1) is 30.3 Å². The van der Waals surface area contributed by atoms with E-state index in [4.69, 9.17) is 14.2 Å². The number of likely N-dealkylation sites (N-methyl/N-ethyl adjacent to an activating group) is 2. The molecule has 2 aliphatic heterocycles. The van der Waals surface area contributed by atoms with Crippen molar-refractivity contribution in [3.63, 3.8) is 0 Å². The Bertz CT molecular complexity index is 751. The molecule has 1 aromatic carbocycles. The predicted octanol–water partition coefficient (Wildman–Crippen LogP) is -1.03. The molecule has 174 valence electrons. The average Bonchev–Trinajstić information content (AvgIpc) is 2.73. The van der Waals surface area contributed by atoms with Crippen molar-refractivity contribution >= 4 is 0 Å². The smallest absolute Gasteiger partial charge is 0.234 e. The van der Waals surface area contributed by atoms with Gasteiger partial charge in [-0.25, -0.2) is 0 Å². The second-order valence-corrected chi connectivity index (χ2v) is 8.98. The van der Waals surface area contributed by atoms with E-state index in [9.17, 15) is 15.3 Å². The van der Waals surface area contributed by atoms with E-state index in [1.54, 1.807) is 14.1 Å². The number of rotatable bonds is 5. The molecule has 4 unspecified atom stereocenters. The third-order valence-corrected chi connectivity index (χ3v) is 6.82. The van der Waals surface area contributed by atoms with Crippen molar-refractivity contribution in [3.05, 3.63) is 35.4 Å². The van der Waals surface area contributed by atoms with E-state index >= 15 is 0 Å². The lowest BCUT2D eigenvalue weighted by molar-refractivity contribution is -0.449. The minimum absolute atomic E-state index is 0.174. The number of nitrogens with one attached hydrogen (secondary N) is 3. The topological polar surface area (TPSA) is 124 Å². The van der Waals surface area contributed by atoms with Gasteiger partial charge in [-0.2, -0.15) is 0 Å². The molecule has 0 bridgehead atoms. The highest BCUT2D eigenvalue weighted by molar-refractivity contribution is 5.21. The Morgan fingerprint density at radius 3 is 2.32 bits per heavy atom. The summed E-state index contributed by atoms with van der Waals surface area (Å²) < 4.78 is 18.2. The van der Waals surface area contributed by atoms with Crippen LogP contribution in [-0.4, -0.2) is 90.1 Å². The number of aliphatic hydroxyl groups excluding tert-OH is 2. The maximum absolute atomic E-state index is 11.6. The van der Waals surface area contributed by atoms with E-state index in [0.717, 1.165) is 5.56 Å². The van der Waals surface area contributed by atoms with Gasteiger partial charge >= 0.3 is 0 Å². The maximum Gasteiger partial charge on any atom is 0.234 e. The molecule has 0 spiro atoms. The van der Waals surface area contributed by atoms with Crippen molar-refractivity contribution in [2.75, 3.05) is 14.1 Å². The summed E-state index contributed by atoms with van der Waals surface area (Å²) in [6, 6.07) is 6.57. The molecule has 3 fully saturated rings. The summed E-state index contributed by atoms with van der Waals surface area (Å²) in [7, 11) is 3.38. The van der Waals surface area contributed by atoms with Crippen LogP contribution in [0.5, 0.6) is 0 Å². The van der Waals surface area contributed by atoms with Gasteiger partial charge in [-0.1, -0.05) is 29.8 Å². The van der Waals surface area contributed by atoms with Crippen LogP contribution in [0.1, 0.15) is 24.5 Å². The predicted molar refractivity (Wildman–Crippen MR) is 113 cm³/mol. The Morgan fingerprint density at radius 2 is 1.68 bits per heavy atom. The van der Waals surface area contributed by atoms with Gasteiger partial charge in [-0.05, 0) is 39.9 Å². The van der Waals surface area contributed by atoms with E-state index in [0.29, 0.717) is 13.0 Å². The standard InChI is InChI=1S/C22H35N3O6/c1-11-5-7-13(8-6-11)10-25-14-9-12(2)29-21-22(14,28)31-19-16(24-4)17(26)15(23-3)18(27)20(19)30-21/h5-8,12,14-21,23-28H,9-10H2,1-4H3/t12-,14-,15-,16?,17+,18+,19?,20?,21?,22+/m1/s1. The maximum atomic E-state index is 11.6. The number of aliphatic hydroxyl groups is 3. The number of fused-ring (bicyclic) bond motifs is 2. The molecule has 9 heteroatoms. The molecular weight excluding hydrogens is 402 g/mol. The largest absolute Gasteiger partial charge is 0.390 e. The third-order valence-electron chi connectivity index (χ3n) is 6.82. The fourth-order valence-corrected chi connectivity index (χ4v) is 5.03. The summed E-state index contributed by atoms with van der Waals surface area (Å²) in [6.07, 6.45) is -4.21. The lowest BCUT2D eigenvalue weighted by Gasteiger charge is -2.58. The lowest BCUT2D eigenvalue weighted by atomic mass is 9.79. The molecule has 6 N–H and O–H groups in total. The number of hydrogen-bond acceptors (Lipinski definition) is 9. The van der Waals surface area contributed by atoms with Gasteiger partial charge < -0.3 is 45.5 Å². The molecule has 0 radical (unpaired) electrons. The Labute approximate surface area is 183 Å². The monoisotopic (exact) mass is 437 g/mol. The van der Waals surface area contributed by atoms with Gasteiger partial charge in [0.1, 0.15) is 18.3 Å². The van der Waals surface area contributed by atoms with Crippen LogP contribution >= 0.6 is 0 Å². The Hall–Kier alpha value is -1.14. The minimum atomic E-state index is -1.76. The highest BCUT2D eigenvalue weighted by atomic mass is 16.8. The zero-order valence-electron chi connectivity index (χ0n) is 18.5. The highest BCUT2D eigenvalue weighted by Gasteiger charge is 2.63. The quantitative estimate of drug-likeness (QED) is 0.343. The van der Waals surface area contributed by atoms with Crippen molar-refractivity contribution in [1.82, 2.24) is 16.0 Å². The Balaban J connectivity index is 1.56. The van der Waals surface area contributed by atoms with E-state index < -0.39 is 54.6 Å². The first kappa shape index (κ1) is 23.0. The van der Waals surface area contributed by atoms with Crippen molar-refractivity contribution in [2.45, 2.75) is 87.5 Å². The van der Waals surface area contributed by atoms with Gasteiger partial charge in [0, 0.05) is 6.54 Å². The highest BCUT2D eigenvalue weighted by Crippen LogP contribution is 2.42. The van der Waals surface area contributed by atoms with E-state index in [1.165, 1.54) is 5.56 Å².